The lowest BCUT2D eigenvalue weighted by Gasteiger charge is -2.12. The van der Waals surface area contributed by atoms with Crippen LogP contribution in [0.3, 0.4) is 0 Å². The molecule has 0 spiro atoms. The first-order chi connectivity index (χ1) is 7.22. The minimum Gasteiger partial charge on any atom is -0.457 e. The number of nitrogens with one attached hydrogen (secondary N) is 1. The Morgan fingerprint density at radius 2 is 2.40 bits per heavy atom. The van der Waals surface area contributed by atoms with E-state index in [1.54, 1.807) is 10.9 Å². The minimum absolute atomic E-state index is 0.104. The van der Waals surface area contributed by atoms with Crippen molar-refractivity contribution in [2.24, 2.45) is 7.05 Å². The summed E-state index contributed by atoms with van der Waals surface area (Å²) in [5.41, 5.74) is 2.19. The van der Waals surface area contributed by atoms with Crippen LogP contribution >= 0.6 is 15.9 Å². The van der Waals surface area contributed by atoms with Crippen molar-refractivity contribution in [1.29, 1.82) is 0 Å². The van der Waals surface area contributed by atoms with Crippen LogP contribution in [0.1, 0.15) is 17.2 Å². The Labute approximate surface area is 96.4 Å². The number of aryl methyl sites for hydroxylation is 1. The average Bonchev–Trinajstić information content (AvgIpc) is 2.79. The molecule has 80 valence electrons. The normalized spacial score (nSPS) is 13.0. The van der Waals surface area contributed by atoms with Gasteiger partial charge in [-0.25, -0.2) is 0 Å². The standard InChI is InChI=1S/C10H12BrN3O/c1-12-9(7-5-13-14(2)6-7)8-3-4-15-10(8)11/h3-6,9,12H,1-2H3. The smallest absolute Gasteiger partial charge is 0.174 e. The van der Waals surface area contributed by atoms with Crippen molar-refractivity contribution in [3.05, 3.63) is 40.5 Å². The topological polar surface area (TPSA) is 43.0 Å². The molecule has 2 aromatic rings. The SMILES string of the molecule is CNC(c1cnn(C)c1)c1ccoc1Br. The number of rotatable bonds is 3. The van der Waals surface area contributed by atoms with Crippen molar-refractivity contribution in [2.75, 3.05) is 7.05 Å². The van der Waals surface area contributed by atoms with Gasteiger partial charge in [-0.3, -0.25) is 4.68 Å². The van der Waals surface area contributed by atoms with Crippen LogP contribution < -0.4 is 5.32 Å². The number of hydrogen-bond acceptors (Lipinski definition) is 3. The van der Waals surface area contributed by atoms with Crippen molar-refractivity contribution in [2.45, 2.75) is 6.04 Å². The Hall–Kier alpha value is -1.07. The maximum Gasteiger partial charge on any atom is 0.174 e. The van der Waals surface area contributed by atoms with Crippen molar-refractivity contribution < 1.29 is 4.42 Å². The highest BCUT2D eigenvalue weighted by molar-refractivity contribution is 9.10. The summed E-state index contributed by atoms with van der Waals surface area (Å²) < 4.78 is 7.77. The maximum absolute atomic E-state index is 5.23. The summed E-state index contributed by atoms with van der Waals surface area (Å²) in [7, 11) is 3.82. The van der Waals surface area contributed by atoms with E-state index in [0.717, 1.165) is 15.8 Å². The van der Waals surface area contributed by atoms with Crippen LogP contribution in [0.5, 0.6) is 0 Å². The van der Waals surface area contributed by atoms with Crippen LogP contribution in [0.15, 0.2) is 33.8 Å². The zero-order valence-corrected chi connectivity index (χ0v) is 10.2. The van der Waals surface area contributed by atoms with Crippen LogP contribution in [-0.2, 0) is 7.05 Å². The highest BCUT2D eigenvalue weighted by atomic mass is 79.9. The molecule has 2 rings (SSSR count). The average molecular weight is 270 g/mol. The van der Waals surface area contributed by atoms with Gasteiger partial charge in [0.15, 0.2) is 4.67 Å². The fraction of sp³-hybridized carbons (Fsp3) is 0.300. The molecule has 0 radical (unpaired) electrons. The van der Waals surface area contributed by atoms with Gasteiger partial charge < -0.3 is 9.73 Å². The van der Waals surface area contributed by atoms with Gasteiger partial charge in [-0.2, -0.15) is 5.10 Å². The third-order valence-corrected chi connectivity index (χ3v) is 2.95. The van der Waals surface area contributed by atoms with Crippen LogP contribution in [0.25, 0.3) is 0 Å². The van der Waals surface area contributed by atoms with Crippen molar-refractivity contribution >= 4 is 15.9 Å². The molecule has 2 heterocycles. The fourth-order valence-corrected chi connectivity index (χ4v) is 2.07. The second-order valence-corrected chi connectivity index (χ2v) is 4.04. The van der Waals surface area contributed by atoms with Crippen LogP contribution in [-0.4, -0.2) is 16.8 Å². The van der Waals surface area contributed by atoms with E-state index in [1.165, 1.54) is 0 Å². The summed E-state index contributed by atoms with van der Waals surface area (Å²) in [5, 5.41) is 7.39. The molecule has 0 amide bonds. The lowest BCUT2D eigenvalue weighted by molar-refractivity contribution is 0.530. The Bertz CT molecular complexity index is 449. The third-order valence-electron chi connectivity index (χ3n) is 2.30. The van der Waals surface area contributed by atoms with Crippen molar-refractivity contribution in [3.63, 3.8) is 0 Å². The zero-order chi connectivity index (χ0) is 10.8. The molecule has 0 saturated heterocycles. The zero-order valence-electron chi connectivity index (χ0n) is 8.57. The summed E-state index contributed by atoms with van der Waals surface area (Å²) in [6.07, 6.45) is 5.50. The van der Waals surface area contributed by atoms with Crippen molar-refractivity contribution in [3.8, 4) is 0 Å². The molecule has 0 saturated carbocycles. The Kier molecular flexibility index (Phi) is 2.93. The number of furan rings is 1. The molecule has 0 fully saturated rings. The molecular weight excluding hydrogens is 258 g/mol. The summed E-state index contributed by atoms with van der Waals surface area (Å²) in [4.78, 5) is 0. The van der Waals surface area contributed by atoms with Gasteiger partial charge in [0.1, 0.15) is 0 Å². The Morgan fingerprint density at radius 3 is 2.87 bits per heavy atom. The van der Waals surface area contributed by atoms with Crippen LogP contribution in [0.4, 0.5) is 0 Å². The van der Waals surface area contributed by atoms with Gasteiger partial charge in [0, 0.05) is 24.4 Å². The molecule has 0 aromatic carbocycles. The monoisotopic (exact) mass is 269 g/mol. The molecule has 0 aliphatic heterocycles. The number of aromatic nitrogens is 2. The molecular formula is C10H12BrN3O. The molecule has 0 aliphatic rings. The molecule has 1 atom stereocenters. The highest BCUT2D eigenvalue weighted by Gasteiger charge is 2.18. The minimum atomic E-state index is 0.104. The lowest BCUT2D eigenvalue weighted by atomic mass is 10.1. The summed E-state index contributed by atoms with van der Waals surface area (Å²) in [6.45, 7) is 0. The quantitative estimate of drug-likeness (QED) is 0.928. The van der Waals surface area contributed by atoms with E-state index < -0.39 is 0 Å². The largest absolute Gasteiger partial charge is 0.457 e. The van der Waals surface area contributed by atoms with Crippen LogP contribution in [0.2, 0.25) is 0 Å². The van der Waals surface area contributed by atoms with Gasteiger partial charge in [0.25, 0.3) is 0 Å². The van der Waals surface area contributed by atoms with E-state index in [4.69, 9.17) is 4.42 Å². The molecule has 1 N–H and O–H groups in total. The van der Waals surface area contributed by atoms with Gasteiger partial charge in [-0.15, -0.1) is 0 Å². The molecule has 2 aromatic heterocycles. The first kappa shape index (κ1) is 10.4. The second kappa shape index (κ2) is 4.20. The summed E-state index contributed by atoms with van der Waals surface area (Å²) in [6, 6.07) is 2.05. The van der Waals surface area contributed by atoms with Gasteiger partial charge in [0.05, 0.1) is 18.5 Å². The first-order valence-electron chi connectivity index (χ1n) is 4.61. The van der Waals surface area contributed by atoms with E-state index >= 15 is 0 Å². The maximum atomic E-state index is 5.23. The Morgan fingerprint density at radius 1 is 1.60 bits per heavy atom. The van der Waals surface area contributed by atoms with Gasteiger partial charge in [-0.1, -0.05) is 0 Å². The molecule has 0 aliphatic carbocycles. The predicted molar refractivity (Wildman–Crippen MR) is 60.5 cm³/mol. The van der Waals surface area contributed by atoms with Crippen molar-refractivity contribution in [1.82, 2.24) is 15.1 Å². The van der Waals surface area contributed by atoms with Gasteiger partial charge in [0.2, 0.25) is 0 Å². The molecule has 5 heteroatoms. The predicted octanol–water partition coefficient (Wildman–Crippen LogP) is 2.08. The number of halogens is 1. The van der Waals surface area contributed by atoms with Crippen LogP contribution in [0, 0.1) is 0 Å². The van der Waals surface area contributed by atoms with E-state index in [1.807, 2.05) is 32.6 Å². The molecule has 4 nitrogen and oxygen atoms in total. The lowest BCUT2D eigenvalue weighted by Crippen LogP contribution is -2.16. The third kappa shape index (κ3) is 1.98. The van der Waals surface area contributed by atoms with E-state index in [0.29, 0.717) is 0 Å². The fourth-order valence-electron chi connectivity index (χ4n) is 1.60. The van der Waals surface area contributed by atoms with E-state index in [2.05, 4.69) is 26.3 Å². The second-order valence-electron chi connectivity index (χ2n) is 3.32. The van der Waals surface area contributed by atoms with E-state index in [-0.39, 0.29) is 6.04 Å². The summed E-state index contributed by atoms with van der Waals surface area (Å²) in [5.74, 6) is 0. The van der Waals surface area contributed by atoms with Gasteiger partial charge >= 0.3 is 0 Å². The molecule has 15 heavy (non-hydrogen) atoms. The number of hydrogen-bond donors (Lipinski definition) is 1. The Balaban J connectivity index is 2.36. The first-order valence-corrected chi connectivity index (χ1v) is 5.40. The molecule has 0 bridgehead atoms. The molecule has 1 unspecified atom stereocenters. The van der Waals surface area contributed by atoms with Gasteiger partial charge in [-0.05, 0) is 29.0 Å². The highest BCUT2D eigenvalue weighted by Crippen LogP contribution is 2.28. The summed E-state index contributed by atoms with van der Waals surface area (Å²) >= 11 is 3.38. The van der Waals surface area contributed by atoms with E-state index in [9.17, 15) is 0 Å². The number of nitrogens with zero attached hydrogens (tertiary/aromatic N) is 2.